The topological polar surface area (TPSA) is 92.7 Å². The highest BCUT2D eigenvalue weighted by molar-refractivity contribution is 6.02. The minimum Gasteiger partial charge on any atom is -0.481 e. The number of carbonyl (C=O) groups is 3. The van der Waals surface area contributed by atoms with Crippen molar-refractivity contribution in [3.8, 4) is 5.75 Å². The minimum absolute atomic E-state index is 0.0147. The van der Waals surface area contributed by atoms with Crippen LogP contribution in [0.25, 0.3) is 0 Å². The molecule has 5 rings (SSSR count). The van der Waals surface area contributed by atoms with Gasteiger partial charge in [-0.2, -0.15) is 0 Å². The lowest BCUT2D eigenvalue weighted by atomic mass is 9.83. The molecule has 3 aromatic rings. The molecular formula is C33H32F3NO5. The second kappa shape index (κ2) is 12.4. The van der Waals surface area contributed by atoms with Gasteiger partial charge in [0.05, 0.1) is 6.42 Å². The van der Waals surface area contributed by atoms with Crippen LogP contribution in [0.5, 0.6) is 5.75 Å². The Labute approximate surface area is 241 Å². The number of hydrogen-bond donors (Lipinski definition) is 2. The maximum atomic E-state index is 13.7. The molecule has 2 fully saturated rings. The van der Waals surface area contributed by atoms with Gasteiger partial charge in [0.15, 0.2) is 5.78 Å². The summed E-state index contributed by atoms with van der Waals surface area (Å²) >= 11 is 0. The van der Waals surface area contributed by atoms with Crippen molar-refractivity contribution in [2.75, 3.05) is 6.54 Å². The van der Waals surface area contributed by atoms with E-state index in [1.807, 2.05) is 0 Å². The standard InChI is InChI=1S/C33H32F3NO5/c34-33(35,36)42-26-16-14-24(15-17-26)31(40)30-28(22-8-6-21(7-9-22)20-4-2-1-3-5-20)29(30)23-10-12-25(13-11-23)32(41)37-19-18-27(38)39/h6-17,20,28-30H,1-5,18-19H2,(H,37,41)(H,38,39). The summed E-state index contributed by atoms with van der Waals surface area (Å²) in [5.41, 5.74) is 3.87. The van der Waals surface area contributed by atoms with Gasteiger partial charge in [-0.3, -0.25) is 14.4 Å². The van der Waals surface area contributed by atoms with Crippen LogP contribution in [0.2, 0.25) is 0 Å². The summed E-state index contributed by atoms with van der Waals surface area (Å²) in [5.74, 6) is -2.12. The summed E-state index contributed by atoms with van der Waals surface area (Å²) in [5, 5.41) is 11.4. The Balaban J connectivity index is 1.36. The smallest absolute Gasteiger partial charge is 0.481 e. The van der Waals surface area contributed by atoms with Crippen LogP contribution in [0.1, 0.15) is 93.7 Å². The lowest BCUT2D eigenvalue weighted by Gasteiger charge is -2.22. The van der Waals surface area contributed by atoms with Crippen LogP contribution in [-0.2, 0) is 4.79 Å². The number of carbonyl (C=O) groups excluding carboxylic acids is 2. The molecule has 3 aromatic carbocycles. The predicted octanol–water partition coefficient (Wildman–Crippen LogP) is 7.22. The zero-order valence-electron chi connectivity index (χ0n) is 22.9. The summed E-state index contributed by atoms with van der Waals surface area (Å²) in [6.07, 6.45) is 1.09. The zero-order valence-corrected chi connectivity index (χ0v) is 22.9. The third-order valence-corrected chi connectivity index (χ3v) is 8.28. The number of amides is 1. The van der Waals surface area contributed by atoms with E-state index in [4.69, 9.17) is 5.11 Å². The van der Waals surface area contributed by atoms with Crippen molar-refractivity contribution < 1.29 is 37.4 Å². The van der Waals surface area contributed by atoms with Gasteiger partial charge in [-0.1, -0.05) is 55.7 Å². The number of carboxylic acids is 1. The third kappa shape index (κ3) is 7.01. The number of aliphatic carboxylic acids is 1. The first-order valence-electron chi connectivity index (χ1n) is 14.2. The van der Waals surface area contributed by atoms with Crippen LogP contribution in [0.4, 0.5) is 13.2 Å². The third-order valence-electron chi connectivity index (χ3n) is 8.28. The van der Waals surface area contributed by atoms with E-state index in [0.717, 1.165) is 23.3 Å². The van der Waals surface area contributed by atoms with Crippen molar-refractivity contribution in [2.24, 2.45) is 5.92 Å². The number of hydrogen-bond acceptors (Lipinski definition) is 4. The van der Waals surface area contributed by atoms with Crippen LogP contribution in [0, 0.1) is 5.92 Å². The van der Waals surface area contributed by atoms with E-state index in [9.17, 15) is 27.6 Å². The van der Waals surface area contributed by atoms with Crippen molar-refractivity contribution in [1.82, 2.24) is 5.32 Å². The van der Waals surface area contributed by atoms with Gasteiger partial charge in [-0.25, -0.2) is 0 Å². The number of carboxylic acid groups (broad SMARTS) is 1. The van der Waals surface area contributed by atoms with Crippen LogP contribution >= 0.6 is 0 Å². The second-order valence-electron chi connectivity index (χ2n) is 11.0. The highest BCUT2D eigenvalue weighted by Gasteiger charge is 2.55. The number of benzene rings is 3. The number of rotatable bonds is 10. The Morgan fingerprint density at radius 1 is 0.762 bits per heavy atom. The van der Waals surface area contributed by atoms with Gasteiger partial charge in [-0.15, -0.1) is 13.2 Å². The summed E-state index contributed by atoms with van der Waals surface area (Å²) < 4.78 is 41.7. The zero-order chi connectivity index (χ0) is 29.9. The normalized spacial score (nSPS) is 20.5. The molecule has 6 nitrogen and oxygen atoms in total. The van der Waals surface area contributed by atoms with Crippen LogP contribution < -0.4 is 10.1 Å². The Morgan fingerprint density at radius 3 is 1.83 bits per heavy atom. The Bertz CT molecular complexity index is 1410. The van der Waals surface area contributed by atoms with E-state index < -0.39 is 24.0 Å². The average molecular weight is 580 g/mol. The predicted molar refractivity (Wildman–Crippen MR) is 150 cm³/mol. The quantitative estimate of drug-likeness (QED) is 0.248. The fourth-order valence-corrected chi connectivity index (χ4v) is 6.15. The van der Waals surface area contributed by atoms with Crippen LogP contribution in [-0.4, -0.2) is 35.7 Å². The largest absolute Gasteiger partial charge is 0.573 e. The number of ether oxygens (including phenoxy) is 1. The molecule has 0 heterocycles. The molecule has 2 N–H and O–H groups in total. The van der Waals surface area contributed by atoms with Gasteiger partial charge >= 0.3 is 12.3 Å². The molecule has 3 unspecified atom stereocenters. The molecule has 9 heteroatoms. The highest BCUT2D eigenvalue weighted by atomic mass is 19.4. The first kappa shape index (κ1) is 29.4. The number of nitrogens with one attached hydrogen (secondary N) is 1. The molecule has 0 bridgehead atoms. The van der Waals surface area contributed by atoms with Crippen molar-refractivity contribution in [2.45, 2.75) is 62.6 Å². The van der Waals surface area contributed by atoms with Crippen molar-refractivity contribution in [1.29, 1.82) is 0 Å². The van der Waals surface area contributed by atoms with Gasteiger partial charge in [0.2, 0.25) is 0 Å². The Kier molecular flexibility index (Phi) is 8.66. The average Bonchev–Trinajstić information content (AvgIpc) is 3.72. The maximum Gasteiger partial charge on any atom is 0.573 e. The lowest BCUT2D eigenvalue weighted by Crippen LogP contribution is -2.25. The molecule has 0 saturated heterocycles. The summed E-state index contributed by atoms with van der Waals surface area (Å²) in [6, 6.07) is 20.4. The van der Waals surface area contributed by atoms with Gasteiger partial charge in [0, 0.05) is 35.4 Å². The SMILES string of the molecule is O=C(O)CCNC(=O)c1ccc(C2C(C(=O)c3ccc(OC(F)(F)F)cc3)C2c2ccc(C3CCCCC3)cc2)cc1. The van der Waals surface area contributed by atoms with Crippen LogP contribution in [0.15, 0.2) is 72.8 Å². The van der Waals surface area contributed by atoms with E-state index in [1.165, 1.54) is 49.8 Å². The minimum atomic E-state index is -4.82. The Morgan fingerprint density at radius 2 is 1.29 bits per heavy atom. The number of Topliss-reactive ketones (excluding diaryl/α,β-unsaturated/α-hetero) is 1. The molecule has 3 atom stereocenters. The van der Waals surface area contributed by atoms with Crippen molar-refractivity contribution in [3.05, 3.63) is 101 Å². The monoisotopic (exact) mass is 579 g/mol. The van der Waals surface area contributed by atoms with Crippen LogP contribution in [0.3, 0.4) is 0 Å². The molecule has 2 aliphatic carbocycles. The first-order valence-corrected chi connectivity index (χ1v) is 14.2. The van der Waals surface area contributed by atoms with Gasteiger partial charge in [0.25, 0.3) is 5.91 Å². The Hall–Kier alpha value is -4.14. The van der Waals surface area contributed by atoms with E-state index in [0.29, 0.717) is 17.0 Å². The maximum absolute atomic E-state index is 13.7. The fourth-order valence-electron chi connectivity index (χ4n) is 6.15. The van der Waals surface area contributed by atoms with Crippen molar-refractivity contribution in [3.63, 3.8) is 0 Å². The molecule has 0 radical (unpaired) electrons. The number of ketones is 1. The first-order chi connectivity index (χ1) is 20.1. The molecule has 2 aliphatic rings. The van der Waals surface area contributed by atoms with Gasteiger partial charge < -0.3 is 15.2 Å². The van der Waals surface area contributed by atoms with Gasteiger partial charge in [-0.05, 0) is 71.8 Å². The van der Waals surface area contributed by atoms with E-state index in [-0.39, 0.29) is 36.5 Å². The summed E-state index contributed by atoms with van der Waals surface area (Å²) in [6.45, 7) is 0.0147. The molecule has 0 aliphatic heterocycles. The molecule has 0 spiro atoms. The summed E-state index contributed by atoms with van der Waals surface area (Å²) in [7, 11) is 0. The highest BCUT2D eigenvalue weighted by Crippen LogP contribution is 2.61. The number of halogens is 3. The fraction of sp³-hybridized carbons (Fsp3) is 0.364. The second-order valence-corrected chi connectivity index (χ2v) is 11.0. The summed E-state index contributed by atoms with van der Waals surface area (Å²) in [4.78, 5) is 36.8. The van der Waals surface area contributed by atoms with Crippen molar-refractivity contribution >= 4 is 17.7 Å². The molecule has 2 saturated carbocycles. The number of alkyl halides is 3. The molecule has 220 valence electrons. The molecular weight excluding hydrogens is 547 g/mol. The lowest BCUT2D eigenvalue weighted by molar-refractivity contribution is -0.274. The molecule has 42 heavy (non-hydrogen) atoms. The van der Waals surface area contributed by atoms with E-state index in [1.54, 1.807) is 24.3 Å². The van der Waals surface area contributed by atoms with E-state index in [2.05, 4.69) is 34.3 Å². The molecule has 1 amide bonds. The van der Waals surface area contributed by atoms with Gasteiger partial charge in [0.1, 0.15) is 5.75 Å². The van der Waals surface area contributed by atoms with E-state index >= 15 is 0 Å². The molecule has 0 aromatic heterocycles.